The van der Waals surface area contributed by atoms with E-state index in [4.69, 9.17) is 0 Å². The highest BCUT2D eigenvalue weighted by molar-refractivity contribution is 14.0. The van der Waals surface area contributed by atoms with Crippen molar-refractivity contribution in [3.8, 4) is 0 Å². The SMILES string of the molecule is CN=C(NCCCc1nnc(SC)n1C1CCCC1)NC1CCS(=O)(=O)C1.I. The fourth-order valence-electron chi connectivity index (χ4n) is 3.90. The quantitative estimate of drug-likeness (QED) is 0.179. The maximum Gasteiger partial charge on any atom is 0.191 e. The highest BCUT2D eigenvalue weighted by atomic mass is 127. The molecule has 28 heavy (non-hydrogen) atoms. The van der Waals surface area contributed by atoms with E-state index in [1.54, 1.807) is 18.8 Å². The van der Waals surface area contributed by atoms with Crippen molar-refractivity contribution >= 4 is 51.5 Å². The van der Waals surface area contributed by atoms with Gasteiger partial charge in [0.25, 0.3) is 0 Å². The van der Waals surface area contributed by atoms with Crippen LogP contribution in [0.3, 0.4) is 0 Å². The van der Waals surface area contributed by atoms with Crippen LogP contribution in [0.25, 0.3) is 0 Å². The van der Waals surface area contributed by atoms with Gasteiger partial charge in [-0.1, -0.05) is 24.6 Å². The fourth-order valence-corrected chi connectivity index (χ4v) is 6.14. The summed E-state index contributed by atoms with van der Waals surface area (Å²) in [4.78, 5) is 4.20. The molecule has 1 atom stereocenters. The second-order valence-corrected chi connectivity index (χ2v) is 10.3. The lowest BCUT2D eigenvalue weighted by molar-refractivity contribution is 0.460. The first-order chi connectivity index (χ1) is 13.0. The van der Waals surface area contributed by atoms with Gasteiger partial charge in [-0.15, -0.1) is 34.2 Å². The molecule has 1 aliphatic heterocycles. The van der Waals surface area contributed by atoms with Crippen LogP contribution < -0.4 is 10.6 Å². The van der Waals surface area contributed by atoms with Crippen molar-refractivity contribution in [3.63, 3.8) is 0 Å². The number of guanidine groups is 1. The summed E-state index contributed by atoms with van der Waals surface area (Å²) >= 11 is 1.66. The van der Waals surface area contributed by atoms with Crippen LogP contribution in [0, 0.1) is 0 Å². The fraction of sp³-hybridized carbons (Fsp3) is 0.824. The molecule has 0 radical (unpaired) electrons. The van der Waals surface area contributed by atoms with Gasteiger partial charge in [-0.05, 0) is 31.9 Å². The van der Waals surface area contributed by atoms with Crippen molar-refractivity contribution in [1.82, 2.24) is 25.4 Å². The molecule has 8 nitrogen and oxygen atoms in total. The van der Waals surface area contributed by atoms with E-state index in [9.17, 15) is 8.42 Å². The lowest BCUT2D eigenvalue weighted by Crippen LogP contribution is -2.44. The minimum Gasteiger partial charge on any atom is -0.356 e. The number of hydrogen-bond acceptors (Lipinski definition) is 6. The second-order valence-electron chi connectivity index (χ2n) is 7.26. The summed E-state index contributed by atoms with van der Waals surface area (Å²) in [5, 5.41) is 16.3. The minimum atomic E-state index is -2.89. The van der Waals surface area contributed by atoms with Crippen molar-refractivity contribution in [1.29, 1.82) is 0 Å². The molecule has 1 saturated carbocycles. The monoisotopic (exact) mass is 542 g/mol. The van der Waals surface area contributed by atoms with E-state index in [1.165, 1.54) is 25.7 Å². The summed E-state index contributed by atoms with van der Waals surface area (Å²) in [6.45, 7) is 0.755. The number of halogens is 1. The van der Waals surface area contributed by atoms with Crippen molar-refractivity contribution in [3.05, 3.63) is 5.82 Å². The number of nitrogens with one attached hydrogen (secondary N) is 2. The van der Waals surface area contributed by atoms with Gasteiger partial charge in [-0.25, -0.2) is 8.42 Å². The molecule has 0 amide bonds. The van der Waals surface area contributed by atoms with Crippen LogP contribution in [0.5, 0.6) is 0 Å². The lowest BCUT2D eigenvalue weighted by atomic mass is 10.2. The number of hydrogen-bond donors (Lipinski definition) is 2. The van der Waals surface area contributed by atoms with E-state index in [2.05, 4.69) is 36.6 Å². The first kappa shape index (κ1) is 23.7. The van der Waals surface area contributed by atoms with Gasteiger partial charge in [0.2, 0.25) is 0 Å². The summed E-state index contributed by atoms with van der Waals surface area (Å²) < 4.78 is 25.5. The topological polar surface area (TPSA) is 101 Å². The third-order valence-electron chi connectivity index (χ3n) is 5.27. The number of aromatic nitrogens is 3. The summed E-state index contributed by atoms with van der Waals surface area (Å²) in [5.74, 6) is 2.18. The Kier molecular flexibility index (Phi) is 9.32. The van der Waals surface area contributed by atoms with Gasteiger partial charge >= 0.3 is 0 Å². The smallest absolute Gasteiger partial charge is 0.191 e. The zero-order valence-electron chi connectivity index (χ0n) is 16.6. The van der Waals surface area contributed by atoms with E-state index in [0.29, 0.717) is 18.4 Å². The molecule has 0 bridgehead atoms. The highest BCUT2D eigenvalue weighted by Gasteiger charge is 2.28. The molecule has 2 fully saturated rings. The van der Waals surface area contributed by atoms with Crippen molar-refractivity contribution in [2.45, 2.75) is 62.2 Å². The molecule has 1 saturated heterocycles. The summed E-state index contributed by atoms with van der Waals surface area (Å²) in [5.41, 5.74) is 0. The molecular weight excluding hydrogens is 511 g/mol. The molecule has 1 aromatic rings. The predicted molar refractivity (Wildman–Crippen MR) is 125 cm³/mol. The van der Waals surface area contributed by atoms with Crippen LogP contribution in [0.1, 0.15) is 50.4 Å². The number of rotatable bonds is 7. The van der Waals surface area contributed by atoms with Crippen molar-refractivity contribution < 1.29 is 8.42 Å². The Morgan fingerprint density at radius 3 is 2.64 bits per heavy atom. The molecular formula is C17H31IN6O2S2. The second kappa shape index (κ2) is 11.0. The number of sulfone groups is 1. The third-order valence-corrected chi connectivity index (χ3v) is 7.69. The van der Waals surface area contributed by atoms with Crippen LogP contribution in [-0.4, -0.2) is 66.5 Å². The van der Waals surface area contributed by atoms with E-state index in [1.807, 2.05) is 0 Å². The highest BCUT2D eigenvalue weighted by Crippen LogP contribution is 2.33. The Hall–Kier alpha value is -0.560. The Balaban J connectivity index is 0.00000280. The first-order valence-electron chi connectivity index (χ1n) is 9.68. The van der Waals surface area contributed by atoms with E-state index in [0.717, 1.165) is 30.4 Å². The summed E-state index contributed by atoms with van der Waals surface area (Å²) in [6.07, 6.45) is 9.50. The molecule has 11 heteroatoms. The molecule has 2 aliphatic rings. The van der Waals surface area contributed by atoms with Crippen molar-refractivity contribution in [2.24, 2.45) is 4.99 Å². The number of nitrogens with zero attached hydrogens (tertiary/aromatic N) is 4. The van der Waals surface area contributed by atoms with Crippen molar-refractivity contribution in [2.75, 3.05) is 31.4 Å². The molecule has 1 unspecified atom stereocenters. The Morgan fingerprint density at radius 2 is 2.04 bits per heavy atom. The molecule has 0 aromatic carbocycles. The number of aliphatic imine (C=N–C) groups is 1. The van der Waals surface area contributed by atoms with Gasteiger partial charge in [0.05, 0.1) is 11.5 Å². The van der Waals surface area contributed by atoms with E-state index < -0.39 is 9.84 Å². The molecule has 1 aromatic heterocycles. The molecule has 160 valence electrons. The maximum atomic E-state index is 11.6. The predicted octanol–water partition coefficient (Wildman–Crippen LogP) is 2.02. The minimum absolute atomic E-state index is 0. The van der Waals surface area contributed by atoms with Gasteiger partial charge in [0, 0.05) is 32.1 Å². The molecule has 1 aliphatic carbocycles. The third kappa shape index (κ3) is 6.22. The average Bonchev–Trinajstić information content (AvgIpc) is 3.36. The normalized spacial score (nSPS) is 22.2. The molecule has 0 spiro atoms. The largest absolute Gasteiger partial charge is 0.356 e. The zero-order valence-corrected chi connectivity index (χ0v) is 20.5. The summed E-state index contributed by atoms with van der Waals surface area (Å²) in [6, 6.07) is 0.500. The van der Waals surface area contributed by atoms with Crippen LogP contribution in [-0.2, 0) is 16.3 Å². The van der Waals surface area contributed by atoms with Crippen LogP contribution in [0.15, 0.2) is 10.1 Å². The van der Waals surface area contributed by atoms with Crippen LogP contribution >= 0.6 is 35.7 Å². The molecule has 2 N–H and O–H groups in total. The standard InChI is InChI=1S/C17H30N6O2S2.HI/c1-18-16(20-13-9-11-27(24,25)12-13)19-10-5-8-15-21-22-17(26-2)23(15)14-6-3-4-7-14;/h13-14H,3-12H2,1-2H3,(H2,18,19,20);1H. The van der Waals surface area contributed by atoms with Crippen LogP contribution in [0.4, 0.5) is 0 Å². The van der Waals surface area contributed by atoms with Gasteiger partial charge in [-0.2, -0.15) is 0 Å². The van der Waals surface area contributed by atoms with E-state index in [-0.39, 0.29) is 41.5 Å². The zero-order chi connectivity index (χ0) is 19.3. The summed E-state index contributed by atoms with van der Waals surface area (Å²) in [7, 11) is -1.18. The molecule has 2 heterocycles. The Labute approximate surface area is 189 Å². The Morgan fingerprint density at radius 1 is 1.29 bits per heavy atom. The lowest BCUT2D eigenvalue weighted by Gasteiger charge is -2.17. The molecule has 3 rings (SSSR count). The van der Waals surface area contributed by atoms with Gasteiger partial charge in [0.15, 0.2) is 21.0 Å². The number of thioether (sulfide) groups is 1. The average molecular weight is 543 g/mol. The maximum absolute atomic E-state index is 11.6. The van der Waals surface area contributed by atoms with Gasteiger partial charge < -0.3 is 15.2 Å². The van der Waals surface area contributed by atoms with Crippen LogP contribution in [0.2, 0.25) is 0 Å². The number of aryl methyl sites for hydroxylation is 1. The van der Waals surface area contributed by atoms with Gasteiger partial charge in [0.1, 0.15) is 5.82 Å². The van der Waals surface area contributed by atoms with E-state index >= 15 is 0 Å². The van der Waals surface area contributed by atoms with Gasteiger partial charge in [-0.3, -0.25) is 4.99 Å². The Bertz CT molecular complexity index is 762. The first-order valence-corrected chi connectivity index (χ1v) is 12.7.